The standard InChI is InChI=1S/C17H19F2NO3S/c1-10-5-6-15(23-17(18)19)14(9-10)20-24(21,22)16-12(3)7-11(2)8-13(16)4/h5-9,17,20H,1-4H3. The van der Waals surface area contributed by atoms with Gasteiger partial charge in [-0.25, -0.2) is 8.42 Å². The van der Waals surface area contributed by atoms with E-state index in [1.807, 2.05) is 6.92 Å². The molecular formula is C17H19F2NO3S. The lowest BCUT2D eigenvalue weighted by Crippen LogP contribution is -2.17. The van der Waals surface area contributed by atoms with Crippen LogP contribution in [0.25, 0.3) is 0 Å². The van der Waals surface area contributed by atoms with Gasteiger partial charge in [0.2, 0.25) is 0 Å². The van der Waals surface area contributed by atoms with Crippen LogP contribution in [0.4, 0.5) is 14.5 Å². The highest BCUT2D eigenvalue weighted by Gasteiger charge is 2.22. The van der Waals surface area contributed by atoms with Crippen molar-refractivity contribution < 1.29 is 21.9 Å². The molecular weight excluding hydrogens is 336 g/mol. The van der Waals surface area contributed by atoms with Gasteiger partial charge in [0.05, 0.1) is 10.6 Å². The second-order valence-electron chi connectivity index (χ2n) is 5.71. The minimum Gasteiger partial charge on any atom is -0.433 e. The number of benzene rings is 2. The summed E-state index contributed by atoms with van der Waals surface area (Å²) in [5.74, 6) is -0.221. The van der Waals surface area contributed by atoms with Crippen LogP contribution in [0.15, 0.2) is 35.2 Å². The van der Waals surface area contributed by atoms with E-state index in [9.17, 15) is 17.2 Å². The van der Waals surface area contributed by atoms with E-state index in [0.717, 1.165) is 5.56 Å². The summed E-state index contributed by atoms with van der Waals surface area (Å²) in [6.45, 7) is 3.95. The third-order valence-electron chi connectivity index (χ3n) is 3.47. The molecule has 0 aliphatic rings. The first-order valence-electron chi connectivity index (χ1n) is 7.26. The molecule has 0 saturated heterocycles. The Kier molecular flexibility index (Phi) is 5.13. The molecule has 24 heavy (non-hydrogen) atoms. The minimum atomic E-state index is -3.94. The number of halogens is 2. The van der Waals surface area contributed by atoms with Crippen LogP contribution >= 0.6 is 0 Å². The lowest BCUT2D eigenvalue weighted by molar-refractivity contribution is -0.0493. The number of rotatable bonds is 5. The van der Waals surface area contributed by atoms with E-state index in [0.29, 0.717) is 16.7 Å². The second-order valence-corrected chi connectivity index (χ2v) is 7.33. The summed E-state index contributed by atoms with van der Waals surface area (Å²) in [7, 11) is -3.94. The van der Waals surface area contributed by atoms with Gasteiger partial charge in [-0.05, 0) is 56.5 Å². The quantitative estimate of drug-likeness (QED) is 0.869. The summed E-state index contributed by atoms with van der Waals surface area (Å²) in [4.78, 5) is 0.137. The van der Waals surface area contributed by atoms with Gasteiger partial charge < -0.3 is 4.74 Å². The van der Waals surface area contributed by atoms with Gasteiger partial charge in [-0.15, -0.1) is 0 Å². The molecule has 1 N–H and O–H groups in total. The number of sulfonamides is 1. The van der Waals surface area contributed by atoms with E-state index in [1.54, 1.807) is 39.0 Å². The Hall–Kier alpha value is -2.15. The Bertz CT molecular complexity index is 841. The molecule has 0 aliphatic heterocycles. The number of hydrogen-bond acceptors (Lipinski definition) is 3. The maximum Gasteiger partial charge on any atom is 0.387 e. The van der Waals surface area contributed by atoms with Gasteiger partial charge in [-0.1, -0.05) is 23.8 Å². The average Bonchev–Trinajstić information content (AvgIpc) is 2.39. The van der Waals surface area contributed by atoms with Crippen LogP contribution < -0.4 is 9.46 Å². The van der Waals surface area contributed by atoms with Gasteiger partial charge in [0.15, 0.2) is 0 Å². The molecule has 2 rings (SSSR count). The van der Waals surface area contributed by atoms with E-state index in [4.69, 9.17) is 0 Å². The highest BCUT2D eigenvalue weighted by molar-refractivity contribution is 7.92. The number of anilines is 1. The van der Waals surface area contributed by atoms with Crippen molar-refractivity contribution in [3.8, 4) is 5.75 Å². The van der Waals surface area contributed by atoms with Crippen LogP contribution in [-0.4, -0.2) is 15.0 Å². The Morgan fingerprint density at radius 2 is 1.54 bits per heavy atom. The smallest absolute Gasteiger partial charge is 0.387 e. The molecule has 0 aliphatic carbocycles. The molecule has 0 amide bonds. The SMILES string of the molecule is Cc1cc(C)c(S(=O)(=O)Nc2cc(C)ccc2OC(F)F)c(C)c1. The van der Waals surface area contributed by atoms with Crippen molar-refractivity contribution in [1.29, 1.82) is 0 Å². The zero-order chi connectivity index (χ0) is 18.1. The lowest BCUT2D eigenvalue weighted by Gasteiger charge is -2.16. The molecule has 7 heteroatoms. The van der Waals surface area contributed by atoms with Crippen molar-refractivity contribution in [1.82, 2.24) is 0 Å². The molecule has 0 radical (unpaired) electrons. The zero-order valence-corrected chi connectivity index (χ0v) is 14.7. The first kappa shape index (κ1) is 18.2. The first-order chi connectivity index (χ1) is 11.1. The topological polar surface area (TPSA) is 55.4 Å². The summed E-state index contributed by atoms with van der Waals surface area (Å²) in [6.07, 6.45) is 0. The Morgan fingerprint density at radius 1 is 0.958 bits per heavy atom. The Balaban J connectivity index is 2.49. The molecule has 0 unspecified atom stereocenters. The lowest BCUT2D eigenvalue weighted by atomic mass is 10.1. The molecule has 0 aromatic heterocycles. The van der Waals surface area contributed by atoms with Crippen LogP contribution in [0, 0.1) is 27.7 Å². The van der Waals surface area contributed by atoms with Crippen LogP contribution in [0.1, 0.15) is 22.3 Å². The monoisotopic (exact) mass is 355 g/mol. The molecule has 0 fully saturated rings. The number of aryl methyl sites for hydroxylation is 4. The number of nitrogens with one attached hydrogen (secondary N) is 1. The fourth-order valence-corrected chi connectivity index (χ4v) is 4.23. The fraction of sp³-hybridized carbons (Fsp3) is 0.294. The van der Waals surface area contributed by atoms with E-state index in [1.165, 1.54) is 12.1 Å². The summed E-state index contributed by atoms with van der Waals surface area (Å²) in [5, 5.41) is 0. The highest BCUT2D eigenvalue weighted by atomic mass is 32.2. The molecule has 0 atom stereocenters. The third-order valence-corrected chi connectivity index (χ3v) is 5.14. The molecule has 0 spiro atoms. The van der Waals surface area contributed by atoms with Crippen molar-refractivity contribution in [2.75, 3.05) is 4.72 Å². The number of alkyl halides is 2. The van der Waals surface area contributed by atoms with Gasteiger partial charge in [0, 0.05) is 0 Å². The second kappa shape index (κ2) is 6.76. The van der Waals surface area contributed by atoms with Crippen molar-refractivity contribution >= 4 is 15.7 Å². The predicted octanol–water partition coefficient (Wildman–Crippen LogP) is 4.32. The largest absolute Gasteiger partial charge is 0.433 e. The van der Waals surface area contributed by atoms with E-state index >= 15 is 0 Å². The normalized spacial score (nSPS) is 11.6. The molecule has 0 heterocycles. The van der Waals surface area contributed by atoms with Crippen LogP contribution in [0.2, 0.25) is 0 Å². The predicted molar refractivity (Wildman–Crippen MR) is 89.3 cm³/mol. The molecule has 2 aromatic rings. The molecule has 0 saturated carbocycles. The highest BCUT2D eigenvalue weighted by Crippen LogP contribution is 2.31. The van der Waals surface area contributed by atoms with E-state index in [2.05, 4.69) is 9.46 Å². The van der Waals surface area contributed by atoms with Crippen molar-refractivity contribution in [2.24, 2.45) is 0 Å². The number of hydrogen-bond donors (Lipinski definition) is 1. The molecule has 0 bridgehead atoms. The van der Waals surface area contributed by atoms with E-state index < -0.39 is 16.6 Å². The summed E-state index contributed by atoms with van der Waals surface area (Å²) in [5.41, 5.74) is 2.82. The maximum atomic E-state index is 12.7. The zero-order valence-electron chi connectivity index (χ0n) is 13.9. The molecule has 4 nitrogen and oxygen atoms in total. The summed E-state index contributed by atoms with van der Waals surface area (Å²) < 4.78 is 57.3. The van der Waals surface area contributed by atoms with Crippen LogP contribution in [0.3, 0.4) is 0 Å². The van der Waals surface area contributed by atoms with E-state index in [-0.39, 0.29) is 16.3 Å². The maximum absolute atomic E-state index is 12.7. The van der Waals surface area contributed by atoms with Gasteiger partial charge in [0.1, 0.15) is 5.75 Å². The first-order valence-corrected chi connectivity index (χ1v) is 8.74. The van der Waals surface area contributed by atoms with Crippen LogP contribution in [-0.2, 0) is 10.0 Å². The minimum absolute atomic E-state index is 0.0188. The number of ether oxygens (including phenoxy) is 1. The Labute approximate surface area is 140 Å². The van der Waals surface area contributed by atoms with Gasteiger partial charge in [0.25, 0.3) is 10.0 Å². The molecule has 130 valence electrons. The molecule has 2 aromatic carbocycles. The fourth-order valence-electron chi connectivity index (χ4n) is 2.71. The van der Waals surface area contributed by atoms with Crippen molar-refractivity contribution in [3.63, 3.8) is 0 Å². The summed E-state index contributed by atoms with van der Waals surface area (Å²) >= 11 is 0. The third kappa shape index (κ3) is 4.03. The van der Waals surface area contributed by atoms with Crippen molar-refractivity contribution in [2.45, 2.75) is 39.2 Å². The van der Waals surface area contributed by atoms with Crippen molar-refractivity contribution in [3.05, 3.63) is 52.6 Å². The Morgan fingerprint density at radius 3 is 2.08 bits per heavy atom. The van der Waals surface area contributed by atoms with Crippen LogP contribution in [0.5, 0.6) is 5.75 Å². The average molecular weight is 355 g/mol. The van der Waals surface area contributed by atoms with Gasteiger partial charge in [-0.2, -0.15) is 8.78 Å². The van der Waals surface area contributed by atoms with Gasteiger partial charge >= 0.3 is 6.61 Å². The summed E-state index contributed by atoms with van der Waals surface area (Å²) in [6, 6.07) is 7.85. The van der Waals surface area contributed by atoms with Gasteiger partial charge in [-0.3, -0.25) is 4.72 Å².